The fourth-order valence-corrected chi connectivity index (χ4v) is 3.48. The maximum Gasteiger partial charge on any atom is 0.240 e. The molecule has 2 rings (SSSR count). The first-order valence-electron chi connectivity index (χ1n) is 7.76. The number of methoxy groups -OCH3 is 1. The van der Waals surface area contributed by atoms with Gasteiger partial charge in [0, 0.05) is 14.7 Å². The number of nitrogens with zero attached hydrogens (tertiary/aromatic N) is 4. The Kier molecular flexibility index (Phi) is 7.52. The summed E-state index contributed by atoms with van der Waals surface area (Å²) in [6.07, 6.45) is 5.34. The molecule has 10 heteroatoms. The van der Waals surface area contributed by atoms with E-state index in [0.29, 0.717) is 29.4 Å². The maximum absolute atomic E-state index is 5.85. The molecule has 2 aromatic heterocycles. The van der Waals surface area contributed by atoms with Crippen molar-refractivity contribution in [2.45, 2.75) is 37.6 Å². The standard InChI is InChI=1S/C15H23IN4O3SSi/c1-21-13-12(16)14(19-15(18-13)24-2)23-11-8-17-20(9-11)10-22-6-7-25(3,4)5/h8-9H,6-7,10H2,1-5H3. The Morgan fingerprint density at radius 1 is 1.24 bits per heavy atom. The minimum absolute atomic E-state index is 0.411. The first kappa shape index (κ1) is 20.5. The molecule has 0 saturated carbocycles. The van der Waals surface area contributed by atoms with Crippen molar-refractivity contribution < 1.29 is 14.2 Å². The molecule has 0 bridgehead atoms. The fourth-order valence-electron chi connectivity index (χ4n) is 1.80. The summed E-state index contributed by atoms with van der Waals surface area (Å²) in [7, 11) is 0.504. The summed E-state index contributed by atoms with van der Waals surface area (Å²) in [5, 5.41) is 4.85. The van der Waals surface area contributed by atoms with Crippen LogP contribution in [0.3, 0.4) is 0 Å². The molecule has 25 heavy (non-hydrogen) atoms. The van der Waals surface area contributed by atoms with E-state index in [1.54, 1.807) is 24.2 Å². The highest BCUT2D eigenvalue weighted by molar-refractivity contribution is 14.1. The zero-order valence-electron chi connectivity index (χ0n) is 15.1. The number of thioether (sulfide) groups is 1. The zero-order chi connectivity index (χ0) is 18.4. The van der Waals surface area contributed by atoms with Crippen LogP contribution in [0.25, 0.3) is 0 Å². The second kappa shape index (κ2) is 9.19. The third-order valence-electron chi connectivity index (χ3n) is 3.19. The Morgan fingerprint density at radius 3 is 2.60 bits per heavy atom. The van der Waals surface area contributed by atoms with Gasteiger partial charge in [0.15, 0.2) is 10.9 Å². The Bertz CT molecular complexity index is 709. The molecule has 0 radical (unpaired) electrons. The summed E-state index contributed by atoms with van der Waals surface area (Å²) in [5.41, 5.74) is 0. The lowest BCUT2D eigenvalue weighted by Gasteiger charge is -2.15. The van der Waals surface area contributed by atoms with Crippen molar-refractivity contribution >= 4 is 42.4 Å². The van der Waals surface area contributed by atoms with Crippen molar-refractivity contribution in [1.29, 1.82) is 0 Å². The van der Waals surface area contributed by atoms with Crippen LogP contribution < -0.4 is 9.47 Å². The SMILES string of the molecule is COc1nc(SC)nc(Oc2cnn(COCC[Si](C)(C)C)c2)c1I. The summed E-state index contributed by atoms with van der Waals surface area (Å²) >= 11 is 3.54. The fraction of sp³-hybridized carbons (Fsp3) is 0.533. The van der Waals surface area contributed by atoms with Crippen molar-refractivity contribution in [1.82, 2.24) is 19.7 Å². The molecule has 138 valence electrons. The van der Waals surface area contributed by atoms with E-state index >= 15 is 0 Å². The third-order valence-corrected chi connectivity index (χ3v) is 6.36. The van der Waals surface area contributed by atoms with E-state index in [1.807, 2.05) is 6.26 Å². The quantitative estimate of drug-likeness (QED) is 0.171. The number of aromatic nitrogens is 4. The normalized spacial score (nSPS) is 11.6. The highest BCUT2D eigenvalue weighted by atomic mass is 127. The van der Waals surface area contributed by atoms with Gasteiger partial charge in [0.25, 0.3) is 0 Å². The largest absolute Gasteiger partial charge is 0.480 e. The Labute approximate surface area is 167 Å². The summed E-state index contributed by atoms with van der Waals surface area (Å²) in [5.74, 6) is 1.55. The van der Waals surface area contributed by atoms with Crippen molar-refractivity contribution in [2.24, 2.45) is 0 Å². The van der Waals surface area contributed by atoms with Crippen LogP contribution in [0.2, 0.25) is 25.7 Å². The molecule has 0 aromatic carbocycles. The lowest BCUT2D eigenvalue weighted by molar-refractivity contribution is 0.0784. The highest BCUT2D eigenvalue weighted by Gasteiger charge is 2.16. The van der Waals surface area contributed by atoms with Crippen molar-refractivity contribution in [2.75, 3.05) is 20.0 Å². The maximum atomic E-state index is 5.85. The van der Waals surface area contributed by atoms with E-state index in [0.717, 1.165) is 16.2 Å². The Hall–Kier alpha value is -0.853. The van der Waals surface area contributed by atoms with Gasteiger partial charge in [-0.05, 0) is 34.9 Å². The van der Waals surface area contributed by atoms with E-state index in [9.17, 15) is 0 Å². The lowest BCUT2D eigenvalue weighted by atomic mass is 10.6. The average molecular weight is 494 g/mol. The molecule has 0 saturated heterocycles. The van der Waals surface area contributed by atoms with E-state index in [2.05, 4.69) is 57.3 Å². The van der Waals surface area contributed by atoms with Crippen LogP contribution >= 0.6 is 34.4 Å². The van der Waals surface area contributed by atoms with Crippen LogP contribution in [0.15, 0.2) is 17.6 Å². The van der Waals surface area contributed by atoms with Gasteiger partial charge in [-0.3, -0.25) is 0 Å². The predicted octanol–water partition coefficient (Wildman–Crippen LogP) is 4.11. The Balaban J connectivity index is 1.99. The van der Waals surface area contributed by atoms with Crippen LogP contribution in [0, 0.1) is 3.57 Å². The van der Waals surface area contributed by atoms with Gasteiger partial charge in [-0.2, -0.15) is 15.1 Å². The van der Waals surface area contributed by atoms with Crippen molar-refractivity contribution in [3.63, 3.8) is 0 Å². The van der Waals surface area contributed by atoms with Gasteiger partial charge < -0.3 is 14.2 Å². The molecule has 0 N–H and O–H groups in total. The van der Waals surface area contributed by atoms with Gasteiger partial charge in [-0.15, -0.1) is 0 Å². The number of hydrogen-bond donors (Lipinski definition) is 0. The molecule has 0 unspecified atom stereocenters. The number of rotatable bonds is 9. The zero-order valence-corrected chi connectivity index (χ0v) is 19.0. The topological polar surface area (TPSA) is 71.3 Å². The summed E-state index contributed by atoms with van der Waals surface area (Å²) in [6.45, 7) is 8.15. The van der Waals surface area contributed by atoms with E-state index in [4.69, 9.17) is 14.2 Å². The molecular weight excluding hydrogens is 471 g/mol. The molecule has 0 amide bonds. The minimum atomic E-state index is -1.07. The van der Waals surface area contributed by atoms with Gasteiger partial charge in [0.05, 0.1) is 19.5 Å². The van der Waals surface area contributed by atoms with E-state index < -0.39 is 8.07 Å². The predicted molar refractivity (Wildman–Crippen MR) is 109 cm³/mol. The van der Waals surface area contributed by atoms with Crippen LogP contribution in [0.1, 0.15) is 0 Å². The molecule has 0 spiro atoms. The van der Waals surface area contributed by atoms with Gasteiger partial charge >= 0.3 is 0 Å². The third kappa shape index (κ3) is 6.42. The molecular formula is C15H23IN4O3SSi. The molecule has 2 heterocycles. The molecule has 0 aliphatic rings. The van der Waals surface area contributed by atoms with Gasteiger partial charge in [0.2, 0.25) is 11.8 Å². The van der Waals surface area contributed by atoms with Gasteiger partial charge in [-0.1, -0.05) is 31.4 Å². The smallest absolute Gasteiger partial charge is 0.240 e. The van der Waals surface area contributed by atoms with Crippen LogP contribution in [0.5, 0.6) is 17.5 Å². The Morgan fingerprint density at radius 2 is 1.96 bits per heavy atom. The second-order valence-electron chi connectivity index (χ2n) is 6.50. The lowest BCUT2D eigenvalue weighted by Crippen LogP contribution is -2.22. The molecule has 2 aromatic rings. The van der Waals surface area contributed by atoms with Gasteiger partial charge in [-0.25, -0.2) is 4.68 Å². The first-order valence-corrected chi connectivity index (χ1v) is 13.8. The first-order chi connectivity index (χ1) is 11.8. The average Bonchev–Trinajstić information content (AvgIpc) is 3.00. The summed E-state index contributed by atoms with van der Waals surface area (Å²) in [4.78, 5) is 8.68. The summed E-state index contributed by atoms with van der Waals surface area (Å²) < 4.78 is 19.2. The molecule has 7 nitrogen and oxygen atoms in total. The minimum Gasteiger partial charge on any atom is -0.480 e. The number of hydrogen-bond acceptors (Lipinski definition) is 7. The van der Waals surface area contributed by atoms with Crippen LogP contribution in [-0.2, 0) is 11.5 Å². The van der Waals surface area contributed by atoms with E-state index in [-0.39, 0.29) is 0 Å². The van der Waals surface area contributed by atoms with Crippen LogP contribution in [0.4, 0.5) is 0 Å². The summed E-state index contributed by atoms with van der Waals surface area (Å²) in [6, 6.07) is 1.13. The molecule has 0 aliphatic heterocycles. The highest BCUT2D eigenvalue weighted by Crippen LogP contribution is 2.32. The monoisotopic (exact) mass is 494 g/mol. The van der Waals surface area contributed by atoms with Crippen molar-refractivity contribution in [3.05, 3.63) is 16.0 Å². The van der Waals surface area contributed by atoms with Gasteiger partial charge in [0.1, 0.15) is 10.3 Å². The number of ether oxygens (including phenoxy) is 3. The van der Waals surface area contributed by atoms with Crippen LogP contribution in [-0.4, -0.2) is 47.8 Å². The molecule has 0 atom stereocenters. The van der Waals surface area contributed by atoms with Crippen molar-refractivity contribution in [3.8, 4) is 17.5 Å². The number of halogens is 1. The molecule has 0 aliphatic carbocycles. The second-order valence-corrected chi connectivity index (χ2v) is 14.0. The van der Waals surface area contributed by atoms with E-state index in [1.165, 1.54) is 11.8 Å². The molecule has 0 fully saturated rings.